The molecule has 4 rings (SSSR count). The van der Waals surface area contributed by atoms with Gasteiger partial charge in [0.15, 0.2) is 0 Å². The van der Waals surface area contributed by atoms with E-state index in [1.165, 1.54) is 29.2 Å². The Bertz CT molecular complexity index is 1390. The fraction of sp³-hybridized carbons (Fsp3) is 0.355. The maximum absolute atomic E-state index is 14.0. The van der Waals surface area contributed by atoms with Gasteiger partial charge in [-0.25, -0.2) is 12.8 Å². The summed E-state index contributed by atoms with van der Waals surface area (Å²) in [6.07, 6.45) is 4.28. The van der Waals surface area contributed by atoms with Gasteiger partial charge >= 0.3 is 0 Å². The van der Waals surface area contributed by atoms with Crippen LogP contribution in [0.25, 0.3) is 0 Å². The smallest absolute Gasteiger partial charge is 0.264 e. The van der Waals surface area contributed by atoms with E-state index in [0.29, 0.717) is 6.42 Å². The van der Waals surface area contributed by atoms with Gasteiger partial charge in [-0.3, -0.25) is 13.9 Å². The van der Waals surface area contributed by atoms with Crippen molar-refractivity contribution in [1.29, 1.82) is 0 Å². The molecule has 212 valence electrons. The number of amides is 2. The van der Waals surface area contributed by atoms with E-state index in [0.717, 1.165) is 53.2 Å². The van der Waals surface area contributed by atoms with E-state index >= 15 is 0 Å². The summed E-state index contributed by atoms with van der Waals surface area (Å²) in [5, 5.41) is 3.10. The van der Waals surface area contributed by atoms with Gasteiger partial charge in [0, 0.05) is 12.6 Å². The highest BCUT2D eigenvalue weighted by atomic mass is 32.2. The summed E-state index contributed by atoms with van der Waals surface area (Å²) in [5.74, 6) is -1.30. The first kappa shape index (κ1) is 29.3. The average Bonchev–Trinajstić information content (AvgIpc) is 3.46. The third kappa shape index (κ3) is 7.07. The van der Waals surface area contributed by atoms with Crippen molar-refractivity contribution in [2.24, 2.45) is 0 Å². The number of hydrogen-bond donors (Lipinski definition) is 1. The van der Waals surface area contributed by atoms with Crippen LogP contribution < -0.4 is 9.62 Å². The molecule has 0 saturated heterocycles. The number of hydrogen-bond acceptors (Lipinski definition) is 4. The predicted molar refractivity (Wildman–Crippen MR) is 154 cm³/mol. The molecule has 3 aromatic carbocycles. The average molecular weight is 566 g/mol. The number of halogens is 1. The second-order valence-electron chi connectivity index (χ2n) is 10.2. The molecule has 1 aliphatic carbocycles. The maximum atomic E-state index is 14.0. The van der Waals surface area contributed by atoms with Crippen LogP contribution in [0.15, 0.2) is 83.8 Å². The zero-order valence-electron chi connectivity index (χ0n) is 22.9. The Morgan fingerprint density at radius 1 is 0.950 bits per heavy atom. The highest BCUT2D eigenvalue weighted by Crippen LogP contribution is 2.26. The molecule has 1 fully saturated rings. The van der Waals surface area contributed by atoms with Crippen molar-refractivity contribution in [3.05, 3.63) is 95.8 Å². The van der Waals surface area contributed by atoms with Gasteiger partial charge in [-0.2, -0.15) is 0 Å². The summed E-state index contributed by atoms with van der Waals surface area (Å²) < 4.78 is 42.4. The molecule has 0 unspecified atom stereocenters. The van der Waals surface area contributed by atoms with Gasteiger partial charge in [0.1, 0.15) is 18.4 Å². The molecule has 0 aromatic heterocycles. The number of nitrogens with one attached hydrogen (secondary N) is 1. The van der Waals surface area contributed by atoms with Crippen LogP contribution in [0.3, 0.4) is 0 Å². The van der Waals surface area contributed by atoms with E-state index in [-0.39, 0.29) is 29.1 Å². The molecule has 0 spiro atoms. The van der Waals surface area contributed by atoms with Gasteiger partial charge in [0.05, 0.1) is 10.6 Å². The SMILES string of the molecule is CC[C@H](C(=O)NC1CCCC1)N(Cc1ccccc1)C(=O)CN(c1ccc(F)cc1)S(=O)(=O)c1ccc(C)cc1. The molecule has 7 nitrogen and oxygen atoms in total. The van der Waals surface area contributed by atoms with Crippen LogP contribution in [0.4, 0.5) is 10.1 Å². The second kappa shape index (κ2) is 13.1. The fourth-order valence-electron chi connectivity index (χ4n) is 5.04. The number of carbonyl (C=O) groups excluding carboxylic acids is 2. The molecule has 1 aliphatic rings. The first-order chi connectivity index (χ1) is 19.2. The van der Waals surface area contributed by atoms with Crippen LogP contribution in [0.5, 0.6) is 0 Å². The van der Waals surface area contributed by atoms with E-state index in [1.807, 2.05) is 44.2 Å². The van der Waals surface area contributed by atoms with Gasteiger partial charge in [-0.15, -0.1) is 0 Å². The van der Waals surface area contributed by atoms with Crippen molar-refractivity contribution in [3.63, 3.8) is 0 Å². The molecule has 0 heterocycles. The molecule has 0 aliphatic heterocycles. The largest absolute Gasteiger partial charge is 0.352 e. The molecular weight excluding hydrogens is 529 g/mol. The van der Waals surface area contributed by atoms with E-state index in [4.69, 9.17) is 0 Å². The van der Waals surface area contributed by atoms with Crippen LogP contribution in [0.2, 0.25) is 0 Å². The number of carbonyl (C=O) groups is 2. The van der Waals surface area contributed by atoms with Crippen LogP contribution in [-0.2, 0) is 26.2 Å². The predicted octanol–water partition coefficient (Wildman–Crippen LogP) is 5.20. The summed E-state index contributed by atoms with van der Waals surface area (Å²) in [5.41, 5.74) is 1.85. The fourth-order valence-corrected chi connectivity index (χ4v) is 6.45. The van der Waals surface area contributed by atoms with Gasteiger partial charge in [0.2, 0.25) is 11.8 Å². The minimum absolute atomic E-state index is 0.0100. The molecule has 1 N–H and O–H groups in total. The van der Waals surface area contributed by atoms with Crippen LogP contribution in [0.1, 0.15) is 50.2 Å². The first-order valence-corrected chi connectivity index (χ1v) is 15.1. The summed E-state index contributed by atoms with van der Waals surface area (Å²) in [6, 6.07) is 19.9. The number of anilines is 1. The summed E-state index contributed by atoms with van der Waals surface area (Å²) in [4.78, 5) is 28.9. The highest BCUT2D eigenvalue weighted by Gasteiger charge is 2.34. The molecular formula is C31H36FN3O4S. The van der Waals surface area contributed by atoms with Crippen LogP contribution >= 0.6 is 0 Å². The Kier molecular flexibility index (Phi) is 9.58. The Labute approximate surface area is 236 Å². The summed E-state index contributed by atoms with van der Waals surface area (Å²) >= 11 is 0. The van der Waals surface area contributed by atoms with Gasteiger partial charge in [-0.1, -0.05) is 67.8 Å². The van der Waals surface area contributed by atoms with E-state index < -0.39 is 34.3 Å². The Balaban J connectivity index is 1.69. The number of nitrogens with zero attached hydrogens (tertiary/aromatic N) is 2. The van der Waals surface area contributed by atoms with Crippen molar-refractivity contribution >= 4 is 27.5 Å². The lowest BCUT2D eigenvalue weighted by Gasteiger charge is -2.33. The third-order valence-electron chi connectivity index (χ3n) is 7.29. The number of rotatable bonds is 11. The second-order valence-corrected chi connectivity index (χ2v) is 12.1. The number of sulfonamides is 1. The normalized spacial score (nSPS) is 14.5. The van der Waals surface area contributed by atoms with Crippen LogP contribution in [0, 0.1) is 12.7 Å². The zero-order valence-corrected chi connectivity index (χ0v) is 23.7. The molecule has 0 radical (unpaired) electrons. The molecule has 0 bridgehead atoms. The summed E-state index contributed by atoms with van der Waals surface area (Å²) in [7, 11) is -4.19. The molecule has 40 heavy (non-hydrogen) atoms. The molecule has 2 amide bonds. The summed E-state index contributed by atoms with van der Waals surface area (Å²) in [6.45, 7) is 3.27. The Morgan fingerprint density at radius 2 is 1.57 bits per heavy atom. The van der Waals surface area contributed by atoms with E-state index in [1.54, 1.807) is 12.1 Å². The number of benzene rings is 3. The maximum Gasteiger partial charge on any atom is 0.264 e. The van der Waals surface area contributed by atoms with Gasteiger partial charge in [0.25, 0.3) is 10.0 Å². The van der Waals surface area contributed by atoms with Crippen molar-refractivity contribution < 1.29 is 22.4 Å². The van der Waals surface area contributed by atoms with Crippen molar-refractivity contribution in [2.75, 3.05) is 10.8 Å². The highest BCUT2D eigenvalue weighted by molar-refractivity contribution is 7.92. The third-order valence-corrected chi connectivity index (χ3v) is 9.07. The van der Waals surface area contributed by atoms with E-state index in [9.17, 15) is 22.4 Å². The van der Waals surface area contributed by atoms with Gasteiger partial charge < -0.3 is 10.2 Å². The number of aryl methyl sites for hydroxylation is 1. The first-order valence-electron chi connectivity index (χ1n) is 13.7. The Hall–Kier alpha value is -3.72. The quantitative estimate of drug-likeness (QED) is 0.347. The minimum Gasteiger partial charge on any atom is -0.352 e. The van der Waals surface area contributed by atoms with E-state index in [2.05, 4.69) is 5.32 Å². The minimum atomic E-state index is -4.19. The van der Waals surface area contributed by atoms with Crippen molar-refractivity contribution in [3.8, 4) is 0 Å². The standard InChI is InChI=1S/C31H36FN3O4S/c1-3-29(31(37)33-26-11-7-8-12-26)34(21-24-9-5-4-6-10-24)30(36)22-35(27-17-15-25(32)16-18-27)40(38,39)28-19-13-23(2)14-20-28/h4-6,9-10,13-20,26,29H,3,7-8,11-12,21-22H2,1-2H3,(H,33,37)/t29-/m1/s1. The van der Waals surface area contributed by atoms with Crippen LogP contribution in [-0.4, -0.2) is 43.8 Å². The molecule has 1 atom stereocenters. The molecule has 9 heteroatoms. The molecule has 1 saturated carbocycles. The van der Waals surface area contributed by atoms with Gasteiger partial charge in [-0.05, 0) is 68.1 Å². The van der Waals surface area contributed by atoms with Crippen molar-refractivity contribution in [1.82, 2.24) is 10.2 Å². The monoisotopic (exact) mass is 565 g/mol. The topological polar surface area (TPSA) is 86.8 Å². The lowest BCUT2D eigenvalue weighted by atomic mass is 10.1. The van der Waals surface area contributed by atoms with Crippen molar-refractivity contribution in [2.45, 2.75) is 69.5 Å². The lowest BCUT2D eigenvalue weighted by Crippen LogP contribution is -2.53. The Morgan fingerprint density at radius 3 is 2.17 bits per heavy atom. The molecule has 3 aromatic rings. The zero-order chi connectivity index (χ0) is 28.7. The lowest BCUT2D eigenvalue weighted by molar-refractivity contribution is -0.140.